The third-order valence-corrected chi connectivity index (χ3v) is 26.4. The quantitative estimate of drug-likeness (QED) is 0.131. The second kappa shape index (κ2) is 29.5. The number of rotatable bonds is 10. The normalized spacial score (nSPS) is 14.5. The molecule has 10 heteroatoms. The first kappa shape index (κ1) is 71.3. The number of nitriles is 2. The zero-order chi connectivity index (χ0) is 79.8. The SMILES string of the molecule is N#Cc1ccc(-c2ccc(-c3cccc4c3-c3ccccc3C43c4ccccc4Sc4c(-c5nc(-c6ccccc6)nc(-c6ccccc6)n5)cccc43)c3ccccc23)cc1.N#Cc1ccc(-c2ccc(-c3cccc4c3-c3ccccc3C43c4ccccc4Sc4c(-c5nc(-c6ccccc6)nc(-c6ccccc6)n5)cccc43)cc2)cc1. The summed E-state index contributed by atoms with van der Waals surface area (Å²) in [5.74, 6) is 3.86. The number of benzene rings is 17. The molecule has 2 aliphatic carbocycles. The van der Waals surface area contributed by atoms with E-state index in [9.17, 15) is 10.5 Å². The summed E-state index contributed by atoms with van der Waals surface area (Å²) in [6, 6.07) is 146. The van der Waals surface area contributed by atoms with E-state index in [1.54, 1.807) is 23.5 Å². The second-order valence-electron chi connectivity index (χ2n) is 30.3. The molecule has 8 nitrogen and oxygen atoms in total. The molecule has 2 atom stereocenters. The summed E-state index contributed by atoms with van der Waals surface area (Å²) in [4.78, 5) is 35.6. The van der Waals surface area contributed by atoms with Gasteiger partial charge in [0.1, 0.15) is 0 Å². The van der Waals surface area contributed by atoms with Crippen LogP contribution < -0.4 is 0 Å². The van der Waals surface area contributed by atoms with Gasteiger partial charge in [0.2, 0.25) is 0 Å². The molecule has 2 spiro atoms. The van der Waals surface area contributed by atoms with Crippen LogP contribution in [0.4, 0.5) is 0 Å². The zero-order valence-electron chi connectivity index (χ0n) is 64.5. The van der Waals surface area contributed by atoms with E-state index in [4.69, 9.17) is 29.9 Å². The average molecular weight is 1560 g/mol. The van der Waals surface area contributed by atoms with Crippen LogP contribution in [-0.4, -0.2) is 29.9 Å². The summed E-state index contributed by atoms with van der Waals surface area (Å²) in [7, 11) is 0. The molecule has 2 unspecified atom stereocenters. The monoisotopic (exact) mass is 1560 g/mol. The highest BCUT2D eigenvalue weighted by Crippen LogP contribution is 2.67. The first-order valence-electron chi connectivity index (χ1n) is 40.1. The van der Waals surface area contributed by atoms with Gasteiger partial charge >= 0.3 is 0 Å². The van der Waals surface area contributed by atoms with Crippen molar-refractivity contribution in [2.24, 2.45) is 0 Å². The maximum absolute atomic E-state index is 9.49. The second-order valence-corrected chi connectivity index (χ2v) is 32.5. The molecule has 19 aromatic rings. The van der Waals surface area contributed by atoms with E-state index in [1.807, 2.05) is 121 Å². The molecule has 4 heterocycles. The van der Waals surface area contributed by atoms with Crippen molar-refractivity contribution in [2.75, 3.05) is 0 Å². The number of fused-ring (bicyclic) bond motifs is 19. The van der Waals surface area contributed by atoms with Crippen molar-refractivity contribution in [3.8, 4) is 147 Å². The smallest absolute Gasteiger partial charge is 0.165 e. The molecular weight excluding hydrogens is 1500 g/mol. The van der Waals surface area contributed by atoms with E-state index in [0.29, 0.717) is 46.1 Å². The Morgan fingerprint density at radius 3 is 0.917 bits per heavy atom. The van der Waals surface area contributed by atoms with Gasteiger partial charge in [0, 0.05) is 53.0 Å². The highest BCUT2D eigenvalue weighted by molar-refractivity contribution is 8.00. The molecule has 17 aromatic carbocycles. The van der Waals surface area contributed by atoms with Crippen molar-refractivity contribution < 1.29 is 0 Å². The summed E-state index contributed by atoms with van der Waals surface area (Å²) in [6.07, 6.45) is 0. The summed E-state index contributed by atoms with van der Waals surface area (Å²) in [6.45, 7) is 0. The van der Waals surface area contributed by atoms with Gasteiger partial charge in [-0.3, -0.25) is 0 Å². The van der Waals surface area contributed by atoms with Crippen LogP contribution in [0.25, 0.3) is 146 Å². The Balaban J connectivity index is 0.000000144. The van der Waals surface area contributed by atoms with E-state index >= 15 is 0 Å². The molecule has 0 N–H and O–H groups in total. The first-order chi connectivity index (χ1) is 59.4. The molecule has 0 amide bonds. The lowest BCUT2D eigenvalue weighted by atomic mass is 9.67. The molecule has 0 fully saturated rings. The molecule has 0 bridgehead atoms. The molecule has 23 rings (SSSR count). The predicted octanol–water partition coefficient (Wildman–Crippen LogP) is 27.0. The van der Waals surface area contributed by atoms with Gasteiger partial charge in [-0.05, 0) is 158 Å². The Hall–Kier alpha value is -15.3. The number of hydrogen-bond acceptors (Lipinski definition) is 10. The Bertz CT molecular complexity index is 7300. The molecular formula is C110H66N8S2. The predicted molar refractivity (Wildman–Crippen MR) is 484 cm³/mol. The minimum Gasteiger partial charge on any atom is -0.208 e. The van der Waals surface area contributed by atoms with Crippen LogP contribution in [0, 0.1) is 22.7 Å². The summed E-state index contributed by atoms with van der Waals surface area (Å²) >= 11 is 3.61. The highest BCUT2D eigenvalue weighted by atomic mass is 32.2. The molecule has 2 aromatic heterocycles. The van der Waals surface area contributed by atoms with Gasteiger partial charge in [0.05, 0.1) is 34.1 Å². The highest BCUT2D eigenvalue weighted by Gasteiger charge is 2.53. The van der Waals surface area contributed by atoms with E-state index in [-0.39, 0.29) is 0 Å². The van der Waals surface area contributed by atoms with Gasteiger partial charge in [0.25, 0.3) is 0 Å². The number of nitrogens with zero attached hydrogens (tertiary/aromatic N) is 8. The van der Waals surface area contributed by atoms with Crippen LogP contribution >= 0.6 is 23.5 Å². The standard InChI is InChI=1S/C57H34N4S.C53H32N4S/c58-35-36-29-31-37(32-30-36)40-33-34-43(42-20-8-7-19-41(40)42)44-22-13-26-49-52(44)45-21-9-10-24-47(45)57(49)48-25-11-12-28-51(48)62-53-46(23-14-27-50(53)57)56-60-54(38-15-3-1-4-16-38)59-55(61-56)39-17-5-2-6-18-39;54-33-34-25-27-35(28-26-34)36-29-31-37(32-30-36)40-18-11-22-45-48(40)41-17-7-8-20-43(41)53(45)44-21-9-10-24-47(44)58-49-42(19-12-23-46(49)53)52-56-50(38-13-3-1-4-14-38)55-51(57-52)39-15-5-2-6-16-39/h1-34H;1-32H. The zero-order valence-corrected chi connectivity index (χ0v) is 66.1. The van der Waals surface area contributed by atoms with Crippen molar-refractivity contribution in [1.82, 2.24) is 29.9 Å². The topological polar surface area (TPSA) is 125 Å². The van der Waals surface area contributed by atoms with Crippen LogP contribution in [0.2, 0.25) is 0 Å². The van der Waals surface area contributed by atoms with Gasteiger partial charge in [-0.1, -0.05) is 388 Å². The van der Waals surface area contributed by atoms with E-state index in [1.165, 1.54) is 104 Å². The lowest BCUT2D eigenvalue weighted by Crippen LogP contribution is -2.32. The van der Waals surface area contributed by atoms with Crippen molar-refractivity contribution in [1.29, 1.82) is 10.5 Å². The van der Waals surface area contributed by atoms with Gasteiger partial charge in [0.15, 0.2) is 34.9 Å². The van der Waals surface area contributed by atoms with E-state index in [2.05, 4.69) is 291 Å². The minimum absolute atomic E-state index is 0.588. The summed E-state index contributed by atoms with van der Waals surface area (Å²) in [5, 5.41) is 21.2. The van der Waals surface area contributed by atoms with Crippen molar-refractivity contribution in [3.05, 3.63) is 456 Å². The van der Waals surface area contributed by atoms with Crippen LogP contribution in [0.1, 0.15) is 55.6 Å². The lowest BCUT2D eigenvalue weighted by Gasteiger charge is -2.40. The minimum atomic E-state index is -0.620. The van der Waals surface area contributed by atoms with Crippen LogP contribution in [0.3, 0.4) is 0 Å². The largest absolute Gasteiger partial charge is 0.208 e. The first-order valence-corrected chi connectivity index (χ1v) is 41.7. The van der Waals surface area contributed by atoms with E-state index < -0.39 is 10.8 Å². The van der Waals surface area contributed by atoms with Gasteiger partial charge < -0.3 is 0 Å². The molecule has 2 aliphatic heterocycles. The van der Waals surface area contributed by atoms with Crippen molar-refractivity contribution in [3.63, 3.8) is 0 Å². The fourth-order valence-electron chi connectivity index (χ4n) is 18.7. The fraction of sp³-hybridized carbons (Fsp3) is 0.0182. The molecule has 0 radical (unpaired) electrons. The fourth-order valence-corrected chi connectivity index (χ4v) is 21.3. The van der Waals surface area contributed by atoms with Crippen molar-refractivity contribution >= 4 is 34.3 Å². The van der Waals surface area contributed by atoms with Crippen LogP contribution in [0.15, 0.2) is 420 Å². The maximum atomic E-state index is 9.49. The van der Waals surface area contributed by atoms with Gasteiger partial charge in [-0.2, -0.15) is 10.5 Å². The van der Waals surface area contributed by atoms with Crippen molar-refractivity contribution in [2.45, 2.75) is 30.4 Å². The summed E-state index contributed by atoms with van der Waals surface area (Å²) < 4.78 is 0. The Morgan fingerprint density at radius 1 is 0.192 bits per heavy atom. The molecule has 120 heavy (non-hydrogen) atoms. The maximum Gasteiger partial charge on any atom is 0.165 e. The third kappa shape index (κ3) is 11.6. The molecule has 4 aliphatic rings. The molecule has 558 valence electrons. The Morgan fingerprint density at radius 2 is 0.483 bits per heavy atom. The summed E-state index contributed by atoms with van der Waals surface area (Å²) in [5.41, 5.74) is 30.0. The Kier molecular flexibility index (Phi) is 17.5. The van der Waals surface area contributed by atoms with Crippen LogP contribution in [0.5, 0.6) is 0 Å². The van der Waals surface area contributed by atoms with Gasteiger partial charge in [-0.25, -0.2) is 29.9 Å². The van der Waals surface area contributed by atoms with E-state index in [0.717, 1.165) is 71.0 Å². The molecule has 0 saturated heterocycles. The third-order valence-electron chi connectivity index (χ3n) is 23.9. The van der Waals surface area contributed by atoms with Gasteiger partial charge in [-0.15, -0.1) is 0 Å². The van der Waals surface area contributed by atoms with Crippen LogP contribution in [-0.2, 0) is 10.8 Å². The number of aromatic nitrogens is 6. The number of hydrogen-bond donors (Lipinski definition) is 0. The average Bonchev–Trinajstić information content (AvgIpc) is 1.49. The molecule has 0 saturated carbocycles. The Labute approximate surface area is 703 Å². The lowest BCUT2D eigenvalue weighted by molar-refractivity contribution is 0.723.